The molecule has 218 valence electrons. The van der Waals surface area contributed by atoms with E-state index in [1.54, 1.807) is 6.33 Å². The Kier molecular flexibility index (Phi) is 9.93. The first-order chi connectivity index (χ1) is 19.5. The molecule has 2 aliphatic heterocycles. The summed E-state index contributed by atoms with van der Waals surface area (Å²) < 4.78 is 17.7. The van der Waals surface area contributed by atoms with E-state index >= 15 is 0 Å². The molecule has 9 nitrogen and oxygen atoms in total. The van der Waals surface area contributed by atoms with Gasteiger partial charge in [0.25, 0.3) is 5.17 Å². The van der Waals surface area contributed by atoms with E-state index in [1.807, 2.05) is 18.2 Å². The van der Waals surface area contributed by atoms with Crippen molar-refractivity contribution in [2.24, 2.45) is 5.92 Å². The summed E-state index contributed by atoms with van der Waals surface area (Å²) in [4.78, 5) is 13.8. The third kappa shape index (κ3) is 7.33. The molecule has 3 heterocycles. The fourth-order valence-electron chi connectivity index (χ4n) is 5.84. The van der Waals surface area contributed by atoms with Crippen LogP contribution >= 0.6 is 12.2 Å². The molecule has 5 atom stereocenters. The maximum atomic E-state index is 6.21. The average Bonchev–Trinajstić information content (AvgIpc) is 3.71. The van der Waals surface area contributed by atoms with Gasteiger partial charge in [-0.1, -0.05) is 37.3 Å². The lowest BCUT2D eigenvalue weighted by atomic mass is 10.0. The Labute approximate surface area is 244 Å². The minimum atomic E-state index is 0.160. The predicted octanol–water partition coefficient (Wildman–Crippen LogP) is 4.72. The molecule has 1 aromatic heterocycles. The normalized spacial score (nSPS) is 23.6. The number of fused-ring (bicyclic) bond motifs is 1. The van der Waals surface area contributed by atoms with E-state index < -0.39 is 0 Å². The maximum absolute atomic E-state index is 6.21. The summed E-state index contributed by atoms with van der Waals surface area (Å²) in [7, 11) is 2.11. The molecular weight excluding hydrogens is 524 g/mol. The molecule has 2 aromatic rings. The van der Waals surface area contributed by atoms with Gasteiger partial charge >= 0.3 is 0 Å². The SMILES string of the molecule is CC(CC[C@H](C)COC(=S)N[C@H]1CCC[C@@H]1OCc1ccccc1)N1CN(C)c2c(N[C@@H]3CCOC3)ncnc21. The smallest absolute Gasteiger partial charge is 0.256 e. The van der Waals surface area contributed by atoms with Crippen molar-refractivity contribution in [3.63, 3.8) is 0 Å². The molecule has 10 heteroatoms. The third-order valence-electron chi connectivity index (χ3n) is 8.26. The number of rotatable bonds is 12. The quantitative estimate of drug-likeness (QED) is 0.351. The zero-order chi connectivity index (χ0) is 27.9. The molecule has 0 radical (unpaired) electrons. The second kappa shape index (κ2) is 13.8. The number of thiocarbonyl (C=S) groups is 1. The summed E-state index contributed by atoms with van der Waals surface area (Å²) in [6, 6.07) is 11.2. The number of hydrogen-bond donors (Lipinski definition) is 2. The van der Waals surface area contributed by atoms with E-state index in [4.69, 9.17) is 26.4 Å². The van der Waals surface area contributed by atoms with Crippen LogP contribution in [0.5, 0.6) is 0 Å². The average molecular weight is 569 g/mol. The molecule has 2 N–H and O–H groups in total. The summed E-state index contributed by atoms with van der Waals surface area (Å²) >= 11 is 5.55. The highest BCUT2D eigenvalue weighted by atomic mass is 32.1. The van der Waals surface area contributed by atoms with Crippen LogP contribution in [0.1, 0.15) is 57.9 Å². The molecule has 1 unspecified atom stereocenters. The predicted molar refractivity (Wildman–Crippen MR) is 163 cm³/mol. The Morgan fingerprint density at radius 3 is 2.80 bits per heavy atom. The molecule has 1 saturated carbocycles. The number of hydrogen-bond acceptors (Lipinski definition) is 9. The van der Waals surface area contributed by atoms with Crippen molar-refractivity contribution >= 4 is 34.7 Å². The van der Waals surface area contributed by atoms with Gasteiger partial charge in [0.2, 0.25) is 0 Å². The van der Waals surface area contributed by atoms with Crippen molar-refractivity contribution in [2.45, 2.75) is 83.2 Å². The summed E-state index contributed by atoms with van der Waals surface area (Å²) in [5.74, 6) is 2.29. The number of nitrogens with zero attached hydrogens (tertiary/aromatic N) is 4. The second-order valence-electron chi connectivity index (χ2n) is 11.6. The van der Waals surface area contributed by atoms with E-state index in [0.717, 1.165) is 75.7 Å². The van der Waals surface area contributed by atoms with Crippen LogP contribution in [0.4, 0.5) is 17.3 Å². The molecule has 3 aliphatic rings. The molecule has 2 fully saturated rings. The van der Waals surface area contributed by atoms with Crippen LogP contribution < -0.4 is 20.4 Å². The van der Waals surface area contributed by atoms with Gasteiger partial charge in [-0.3, -0.25) is 0 Å². The lowest BCUT2D eigenvalue weighted by Gasteiger charge is -2.27. The number of nitrogens with one attached hydrogen (secondary N) is 2. The number of anilines is 3. The second-order valence-corrected chi connectivity index (χ2v) is 11.9. The maximum Gasteiger partial charge on any atom is 0.256 e. The zero-order valence-electron chi connectivity index (χ0n) is 24.1. The molecule has 0 spiro atoms. The van der Waals surface area contributed by atoms with Crippen LogP contribution in [0, 0.1) is 5.92 Å². The van der Waals surface area contributed by atoms with Crippen molar-refractivity contribution in [3.05, 3.63) is 42.2 Å². The highest BCUT2D eigenvalue weighted by molar-refractivity contribution is 7.80. The largest absolute Gasteiger partial charge is 0.471 e. The lowest BCUT2D eigenvalue weighted by Crippen LogP contribution is -2.41. The van der Waals surface area contributed by atoms with Gasteiger partial charge in [0.1, 0.15) is 12.0 Å². The van der Waals surface area contributed by atoms with E-state index in [9.17, 15) is 0 Å². The van der Waals surface area contributed by atoms with Crippen LogP contribution in [-0.4, -0.2) is 72.9 Å². The first kappa shape index (κ1) is 28.8. The van der Waals surface area contributed by atoms with Gasteiger partial charge in [-0.15, -0.1) is 0 Å². The summed E-state index contributed by atoms with van der Waals surface area (Å²) in [5, 5.41) is 7.47. The molecule has 1 aromatic carbocycles. The lowest BCUT2D eigenvalue weighted by molar-refractivity contribution is 0.0304. The van der Waals surface area contributed by atoms with Crippen LogP contribution in [0.15, 0.2) is 36.7 Å². The van der Waals surface area contributed by atoms with Gasteiger partial charge in [-0.05, 0) is 69.1 Å². The number of ether oxygens (including phenoxy) is 3. The standard InChI is InChI=1S/C30H44N6O3S/c1-21(16-39-30(40)34-25-10-7-11-26(25)38-17-23-8-5-4-6-9-23)12-13-22(2)36-20-35(3)27-28(31-19-32-29(27)36)33-24-14-15-37-18-24/h4-6,8-9,19,21-22,24-26H,7,10-18,20H2,1-3H3,(H,34,40)(H,31,32,33)/t21-,22?,24+,25-,26-/m0/s1. The summed E-state index contributed by atoms with van der Waals surface area (Å²) in [5.41, 5.74) is 2.27. The minimum Gasteiger partial charge on any atom is -0.471 e. The fraction of sp³-hybridized carbons (Fsp3) is 0.633. The molecule has 1 aliphatic carbocycles. The van der Waals surface area contributed by atoms with Crippen molar-refractivity contribution in [2.75, 3.05) is 48.7 Å². The molecule has 0 amide bonds. The fourth-order valence-corrected chi connectivity index (χ4v) is 6.06. The molecule has 0 bridgehead atoms. The van der Waals surface area contributed by atoms with Crippen LogP contribution in [0.3, 0.4) is 0 Å². The van der Waals surface area contributed by atoms with Crippen LogP contribution in [-0.2, 0) is 20.8 Å². The Hall–Kier alpha value is -2.69. The Morgan fingerprint density at radius 1 is 1.15 bits per heavy atom. The summed E-state index contributed by atoms with van der Waals surface area (Å²) in [6.45, 7) is 8.08. The first-order valence-corrected chi connectivity index (χ1v) is 15.1. The van der Waals surface area contributed by atoms with Gasteiger partial charge in [-0.2, -0.15) is 0 Å². The third-order valence-corrected chi connectivity index (χ3v) is 8.50. The van der Waals surface area contributed by atoms with E-state index in [1.165, 1.54) is 5.56 Å². The Balaban J connectivity index is 1.04. The van der Waals surface area contributed by atoms with Crippen LogP contribution in [0.2, 0.25) is 0 Å². The highest BCUT2D eigenvalue weighted by Crippen LogP contribution is 2.40. The minimum absolute atomic E-state index is 0.160. The van der Waals surface area contributed by atoms with Crippen molar-refractivity contribution in [3.8, 4) is 0 Å². The van der Waals surface area contributed by atoms with Gasteiger partial charge in [0, 0.05) is 19.7 Å². The zero-order valence-corrected chi connectivity index (χ0v) is 24.9. The monoisotopic (exact) mass is 568 g/mol. The van der Waals surface area contributed by atoms with Gasteiger partial charge in [-0.25, -0.2) is 9.97 Å². The van der Waals surface area contributed by atoms with Crippen molar-refractivity contribution in [1.29, 1.82) is 0 Å². The molecular formula is C30H44N6O3S. The van der Waals surface area contributed by atoms with E-state index in [0.29, 0.717) is 36.4 Å². The molecule has 1 saturated heterocycles. The van der Waals surface area contributed by atoms with Crippen molar-refractivity contribution in [1.82, 2.24) is 15.3 Å². The van der Waals surface area contributed by atoms with Gasteiger partial charge in [0.15, 0.2) is 11.6 Å². The van der Waals surface area contributed by atoms with Crippen molar-refractivity contribution < 1.29 is 14.2 Å². The summed E-state index contributed by atoms with van der Waals surface area (Å²) in [6.07, 6.45) is 8.16. The van der Waals surface area contributed by atoms with Gasteiger partial charge in [0.05, 0.1) is 44.7 Å². The highest BCUT2D eigenvalue weighted by Gasteiger charge is 2.33. The molecule has 40 heavy (non-hydrogen) atoms. The van der Waals surface area contributed by atoms with Gasteiger partial charge < -0.3 is 34.6 Å². The molecule has 5 rings (SSSR count). The van der Waals surface area contributed by atoms with E-state index in [2.05, 4.69) is 63.4 Å². The van der Waals surface area contributed by atoms with E-state index in [-0.39, 0.29) is 12.1 Å². The Bertz CT molecular complexity index is 1100. The topological polar surface area (TPSA) is 84.0 Å². The Morgan fingerprint density at radius 2 is 2.00 bits per heavy atom. The first-order valence-electron chi connectivity index (χ1n) is 14.7. The van der Waals surface area contributed by atoms with Crippen LogP contribution in [0.25, 0.3) is 0 Å². The number of aromatic nitrogens is 2. The number of benzene rings is 1.